The highest BCUT2D eigenvalue weighted by Gasteiger charge is 2.41. The number of carbonyl (C=O) groups is 1. The lowest BCUT2D eigenvalue weighted by molar-refractivity contribution is 0.212. The number of halogens is 1. The first-order chi connectivity index (χ1) is 12.0. The molecule has 0 spiro atoms. The molecule has 130 valence electrons. The first kappa shape index (κ1) is 15.8. The summed E-state index contributed by atoms with van der Waals surface area (Å²) in [5.74, 6) is 0.534. The van der Waals surface area contributed by atoms with E-state index in [0.29, 0.717) is 11.3 Å². The van der Waals surface area contributed by atoms with Crippen LogP contribution < -0.4 is 10.2 Å². The number of nitrogens with one attached hydrogen (secondary N) is 1. The van der Waals surface area contributed by atoms with Crippen molar-refractivity contribution in [1.29, 1.82) is 0 Å². The number of likely N-dealkylation sites (N-methyl/N-ethyl adjacent to an activating group) is 1. The molecule has 2 aliphatic heterocycles. The minimum absolute atomic E-state index is 0.0129. The second-order valence-electron chi connectivity index (χ2n) is 6.72. The van der Waals surface area contributed by atoms with Crippen molar-refractivity contribution in [2.75, 3.05) is 25.0 Å². The zero-order valence-corrected chi connectivity index (χ0v) is 14.2. The number of hydrogen-bond acceptors (Lipinski definition) is 4. The van der Waals surface area contributed by atoms with Crippen LogP contribution in [0.15, 0.2) is 30.3 Å². The Morgan fingerprint density at radius 1 is 1.28 bits per heavy atom. The lowest BCUT2D eigenvalue weighted by Crippen LogP contribution is -2.51. The van der Waals surface area contributed by atoms with E-state index in [1.807, 2.05) is 26.1 Å². The average Bonchev–Trinajstić information content (AvgIpc) is 2.88. The molecule has 7 heteroatoms. The molecule has 4 rings (SSSR count). The Labute approximate surface area is 145 Å². The zero-order chi connectivity index (χ0) is 17.6. The zero-order valence-electron chi connectivity index (χ0n) is 14.2. The van der Waals surface area contributed by atoms with Gasteiger partial charge in [0.2, 0.25) is 0 Å². The monoisotopic (exact) mass is 341 g/mol. The van der Waals surface area contributed by atoms with Gasteiger partial charge in [-0.1, -0.05) is 12.1 Å². The van der Waals surface area contributed by atoms with Gasteiger partial charge in [-0.15, -0.1) is 10.2 Å². The Morgan fingerprint density at radius 2 is 2.12 bits per heavy atom. The summed E-state index contributed by atoms with van der Waals surface area (Å²) in [5, 5.41) is 11.7. The van der Waals surface area contributed by atoms with E-state index < -0.39 is 0 Å². The third kappa shape index (κ3) is 2.79. The van der Waals surface area contributed by atoms with Gasteiger partial charge in [0.15, 0.2) is 5.82 Å². The number of carbonyl (C=O) groups excluding carboxylic acids is 1. The molecule has 6 nitrogen and oxygen atoms in total. The molecule has 0 aliphatic carbocycles. The van der Waals surface area contributed by atoms with Crippen LogP contribution in [0.5, 0.6) is 0 Å². The number of rotatable bonds is 2. The predicted molar refractivity (Wildman–Crippen MR) is 92.9 cm³/mol. The smallest absolute Gasteiger partial charge is 0.317 e. The highest BCUT2D eigenvalue weighted by Crippen LogP contribution is 2.28. The summed E-state index contributed by atoms with van der Waals surface area (Å²) < 4.78 is 13.4. The van der Waals surface area contributed by atoms with Crippen molar-refractivity contribution < 1.29 is 9.18 Å². The maximum absolute atomic E-state index is 13.4. The average molecular weight is 341 g/mol. The fraction of sp³-hybridized carbons (Fsp3) is 0.389. The fourth-order valence-electron chi connectivity index (χ4n) is 3.73. The van der Waals surface area contributed by atoms with Gasteiger partial charge in [0.05, 0.1) is 17.8 Å². The van der Waals surface area contributed by atoms with Crippen LogP contribution in [0.1, 0.15) is 12.0 Å². The van der Waals surface area contributed by atoms with E-state index in [1.165, 1.54) is 12.1 Å². The summed E-state index contributed by atoms with van der Waals surface area (Å²) in [6.45, 7) is 3.53. The number of aromatic nitrogens is 2. The molecule has 2 atom stereocenters. The Kier molecular flexibility index (Phi) is 3.78. The molecule has 0 bridgehead atoms. The van der Waals surface area contributed by atoms with E-state index in [-0.39, 0.29) is 23.9 Å². The van der Waals surface area contributed by atoms with Crippen LogP contribution in [-0.4, -0.2) is 53.3 Å². The van der Waals surface area contributed by atoms with Gasteiger partial charge in [-0.3, -0.25) is 0 Å². The molecule has 25 heavy (non-hydrogen) atoms. The third-order valence-electron chi connectivity index (χ3n) is 5.08. The van der Waals surface area contributed by atoms with E-state index in [4.69, 9.17) is 0 Å². The van der Waals surface area contributed by atoms with Crippen molar-refractivity contribution in [2.24, 2.45) is 0 Å². The second kappa shape index (κ2) is 5.98. The molecular formula is C18H20FN5O. The second-order valence-corrected chi connectivity index (χ2v) is 6.72. The van der Waals surface area contributed by atoms with Crippen molar-refractivity contribution in [1.82, 2.24) is 20.4 Å². The van der Waals surface area contributed by atoms with Gasteiger partial charge in [-0.2, -0.15) is 0 Å². The molecule has 2 aromatic rings. The van der Waals surface area contributed by atoms with Crippen LogP contribution in [0.25, 0.3) is 11.3 Å². The number of aryl methyl sites for hydroxylation is 1. The molecule has 2 amide bonds. The van der Waals surface area contributed by atoms with Crippen LogP contribution in [0.3, 0.4) is 0 Å². The first-order valence-corrected chi connectivity index (χ1v) is 8.41. The summed E-state index contributed by atoms with van der Waals surface area (Å²) in [6.07, 6.45) is 0.896. The largest absolute Gasteiger partial charge is 0.353 e. The molecule has 1 aromatic heterocycles. The number of amides is 2. The van der Waals surface area contributed by atoms with E-state index in [0.717, 1.165) is 30.9 Å². The van der Waals surface area contributed by atoms with Crippen molar-refractivity contribution in [3.8, 4) is 11.3 Å². The van der Waals surface area contributed by atoms with Gasteiger partial charge >= 0.3 is 6.03 Å². The van der Waals surface area contributed by atoms with Crippen molar-refractivity contribution >= 4 is 11.8 Å². The number of nitrogens with zero attached hydrogens (tertiary/aromatic N) is 4. The number of hydrogen-bond donors (Lipinski definition) is 1. The Balaban J connectivity index is 1.57. The minimum atomic E-state index is -0.288. The maximum atomic E-state index is 13.4. The standard InChI is InChI=1S/C18H20FN5O/c1-11-8-14(12-4-3-5-13(19)9-12)21-22-17(11)24-7-6-16-15(10-24)20-18(25)23(16)2/h3-5,8-9,15-16H,6-7,10H2,1-2H3,(H,20,25)/t15-,16+/m1/s1. The van der Waals surface area contributed by atoms with Gasteiger partial charge < -0.3 is 15.1 Å². The Bertz CT molecular complexity index is 827. The minimum Gasteiger partial charge on any atom is -0.353 e. The van der Waals surface area contributed by atoms with E-state index in [1.54, 1.807) is 11.0 Å². The highest BCUT2D eigenvalue weighted by atomic mass is 19.1. The van der Waals surface area contributed by atoms with Crippen molar-refractivity contribution in [3.63, 3.8) is 0 Å². The molecule has 1 aromatic carbocycles. The number of urea groups is 1. The van der Waals surface area contributed by atoms with Gasteiger partial charge in [-0.05, 0) is 37.1 Å². The van der Waals surface area contributed by atoms with E-state index >= 15 is 0 Å². The first-order valence-electron chi connectivity index (χ1n) is 8.41. The van der Waals surface area contributed by atoms with Crippen LogP contribution >= 0.6 is 0 Å². The Morgan fingerprint density at radius 3 is 2.88 bits per heavy atom. The van der Waals surface area contributed by atoms with E-state index in [2.05, 4.69) is 20.4 Å². The molecule has 3 heterocycles. The fourth-order valence-corrected chi connectivity index (χ4v) is 3.73. The number of anilines is 1. The maximum Gasteiger partial charge on any atom is 0.317 e. The van der Waals surface area contributed by atoms with Crippen LogP contribution in [-0.2, 0) is 0 Å². The summed E-state index contributed by atoms with van der Waals surface area (Å²) >= 11 is 0. The summed E-state index contributed by atoms with van der Waals surface area (Å²) in [4.78, 5) is 15.8. The van der Waals surface area contributed by atoms with Crippen LogP contribution in [0.4, 0.5) is 15.0 Å². The highest BCUT2D eigenvalue weighted by molar-refractivity contribution is 5.77. The van der Waals surface area contributed by atoms with E-state index in [9.17, 15) is 9.18 Å². The van der Waals surface area contributed by atoms with Crippen molar-refractivity contribution in [3.05, 3.63) is 41.7 Å². The van der Waals surface area contributed by atoms with Gasteiger partial charge in [0, 0.05) is 25.7 Å². The van der Waals surface area contributed by atoms with Crippen LogP contribution in [0.2, 0.25) is 0 Å². The van der Waals surface area contributed by atoms with Crippen molar-refractivity contribution in [2.45, 2.75) is 25.4 Å². The van der Waals surface area contributed by atoms with Gasteiger partial charge in [-0.25, -0.2) is 9.18 Å². The molecule has 0 saturated carbocycles. The summed E-state index contributed by atoms with van der Waals surface area (Å²) in [6, 6.07) is 8.62. The molecule has 1 N–H and O–H groups in total. The molecule has 2 saturated heterocycles. The number of benzene rings is 1. The summed E-state index contributed by atoms with van der Waals surface area (Å²) in [5.41, 5.74) is 2.36. The topological polar surface area (TPSA) is 61.4 Å². The number of piperidine rings is 1. The SMILES string of the molecule is Cc1cc(-c2cccc(F)c2)nnc1N1CC[C@H]2[C@@H](C1)NC(=O)N2C. The Hall–Kier alpha value is -2.70. The number of fused-ring (bicyclic) bond motifs is 1. The third-order valence-corrected chi connectivity index (χ3v) is 5.08. The molecule has 0 radical (unpaired) electrons. The van der Waals surface area contributed by atoms with Crippen LogP contribution in [0, 0.1) is 12.7 Å². The normalized spacial score (nSPS) is 22.8. The predicted octanol–water partition coefficient (Wildman–Crippen LogP) is 2.19. The van der Waals surface area contributed by atoms with Gasteiger partial charge in [0.25, 0.3) is 0 Å². The molecule has 0 unspecified atom stereocenters. The summed E-state index contributed by atoms with van der Waals surface area (Å²) in [7, 11) is 1.84. The lowest BCUT2D eigenvalue weighted by atomic mass is 10.00. The lowest BCUT2D eigenvalue weighted by Gasteiger charge is -2.36. The molecule has 2 fully saturated rings. The quantitative estimate of drug-likeness (QED) is 0.910. The van der Waals surface area contributed by atoms with Gasteiger partial charge in [0.1, 0.15) is 5.82 Å². The molecule has 2 aliphatic rings. The molecular weight excluding hydrogens is 321 g/mol.